The standard InChI is InChI=1S/C27H23ClN2O4S/c1-17(2)22-5-3-4-6-23(22)29-25(31)16-34-21-13-7-18(8-14-21)15-24-26(32)30(27(33)35-24)20-11-9-19(28)10-12-20/h3-15,17H,16H2,1-2H3,(H,29,31)/b24-15-. The van der Waals surface area contributed by atoms with Crippen LogP contribution in [-0.4, -0.2) is 23.7 Å². The molecule has 1 heterocycles. The molecule has 3 aromatic rings. The molecule has 1 aliphatic rings. The number of carbonyl (C=O) groups is 3. The number of nitrogens with zero attached hydrogens (tertiary/aromatic N) is 1. The lowest BCUT2D eigenvalue weighted by Crippen LogP contribution is -2.27. The van der Waals surface area contributed by atoms with Crippen LogP contribution in [0.3, 0.4) is 0 Å². The van der Waals surface area contributed by atoms with Crippen molar-refractivity contribution in [3.63, 3.8) is 0 Å². The van der Waals surface area contributed by atoms with Crippen LogP contribution in [0.15, 0.2) is 77.7 Å². The van der Waals surface area contributed by atoms with E-state index in [0.29, 0.717) is 21.4 Å². The van der Waals surface area contributed by atoms with E-state index in [1.807, 2.05) is 24.3 Å². The van der Waals surface area contributed by atoms with Crippen molar-refractivity contribution in [3.05, 3.63) is 93.9 Å². The van der Waals surface area contributed by atoms with Gasteiger partial charge in [0.25, 0.3) is 17.1 Å². The van der Waals surface area contributed by atoms with Gasteiger partial charge in [0.15, 0.2) is 6.61 Å². The zero-order valence-electron chi connectivity index (χ0n) is 19.2. The summed E-state index contributed by atoms with van der Waals surface area (Å²) < 4.78 is 5.61. The van der Waals surface area contributed by atoms with Crippen LogP contribution in [0.25, 0.3) is 6.08 Å². The molecular weight excluding hydrogens is 484 g/mol. The third kappa shape index (κ3) is 5.93. The van der Waals surface area contributed by atoms with Crippen LogP contribution in [-0.2, 0) is 9.59 Å². The van der Waals surface area contributed by atoms with Crippen LogP contribution in [0, 0.1) is 0 Å². The minimum absolute atomic E-state index is 0.133. The summed E-state index contributed by atoms with van der Waals surface area (Å²) >= 11 is 6.78. The van der Waals surface area contributed by atoms with E-state index < -0.39 is 0 Å². The minimum Gasteiger partial charge on any atom is -0.484 e. The van der Waals surface area contributed by atoms with Gasteiger partial charge in [0.2, 0.25) is 0 Å². The van der Waals surface area contributed by atoms with E-state index in [-0.39, 0.29) is 29.6 Å². The molecule has 0 aliphatic carbocycles. The second kappa shape index (κ2) is 10.8. The molecule has 0 radical (unpaired) electrons. The summed E-state index contributed by atoms with van der Waals surface area (Å²) in [5, 5.41) is 3.05. The van der Waals surface area contributed by atoms with Gasteiger partial charge >= 0.3 is 0 Å². The first kappa shape index (κ1) is 24.6. The fraction of sp³-hybridized carbons (Fsp3) is 0.148. The van der Waals surface area contributed by atoms with E-state index in [1.165, 1.54) is 0 Å². The highest BCUT2D eigenvalue weighted by Crippen LogP contribution is 2.36. The summed E-state index contributed by atoms with van der Waals surface area (Å²) in [6.45, 7) is 4.01. The second-order valence-electron chi connectivity index (χ2n) is 8.14. The quantitative estimate of drug-likeness (QED) is 0.360. The van der Waals surface area contributed by atoms with Crippen LogP contribution in [0.5, 0.6) is 5.75 Å². The molecule has 3 amide bonds. The summed E-state index contributed by atoms with van der Waals surface area (Å²) in [4.78, 5) is 39.0. The molecule has 0 atom stereocenters. The molecule has 1 fully saturated rings. The number of imide groups is 1. The molecule has 0 saturated carbocycles. The van der Waals surface area contributed by atoms with Gasteiger partial charge in [0, 0.05) is 10.7 Å². The predicted octanol–water partition coefficient (Wildman–Crippen LogP) is 6.72. The number of benzene rings is 3. The number of amides is 3. The summed E-state index contributed by atoms with van der Waals surface area (Å²) in [7, 11) is 0. The lowest BCUT2D eigenvalue weighted by molar-refractivity contribution is -0.118. The highest BCUT2D eigenvalue weighted by atomic mass is 35.5. The van der Waals surface area contributed by atoms with Gasteiger partial charge in [0.05, 0.1) is 10.6 Å². The first-order chi connectivity index (χ1) is 16.8. The lowest BCUT2D eigenvalue weighted by atomic mass is 10.0. The summed E-state index contributed by atoms with van der Waals surface area (Å²) in [5.41, 5.74) is 3.04. The van der Waals surface area contributed by atoms with Crippen molar-refractivity contribution >= 4 is 57.9 Å². The summed E-state index contributed by atoms with van der Waals surface area (Å²) in [6.07, 6.45) is 1.65. The molecule has 1 saturated heterocycles. The SMILES string of the molecule is CC(C)c1ccccc1NC(=O)COc1ccc(/C=C2\SC(=O)N(c3ccc(Cl)cc3)C2=O)cc1. The van der Waals surface area contributed by atoms with Crippen molar-refractivity contribution in [2.75, 3.05) is 16.8 Å². The van der Waals surface area contributed by atoms with Crippen molar-refractivity contribution in [1.29, 1.82) is 0 Å². The van der Waals surface area contributed by atoms with Gasteiger partial charge in [0.1, 0.15) is 5.75 Å². The van der Waals surface area contributed by atoms with E-state index >= 15 is 0 Å². The van der Waals surface area contributed by atoms with Crippen molar-refractivity contribution in [2.24, 2.45) is 0 Å². The highest BCUT2D eigenvalue weighted by Gasteiger charge is 2.36. The third-order valence-electron chi connectivity index (χ3n) is 5.28. The third-order valence-corrected chi connectivity index (χ3v) is 6.40. The Labute approximate surface area is 212 Å². The first-order valence-corrected chi connectivity index (χ1v) is 12.2. The molecule has 0 aromatic heterocycles. The maximum Gasteiger partial charge on any atom is 0.298 e. The minimum atomic E-state index is -0.388. The van der Waals surface area contributed by atoms with E-state index in [9.17, 15) is 14.4 Å². The molecule has 3 aromatic carbocycles. The molecule has 0 spiro atoms. The zero-order valence-corrected chi connectivity index (χ0v) is 20.7. The first-order valence-electron chi connectivity index (χ1n) is 11.0. The number of ether oxygens (including phenoxy) is 1. The fourth-order valence-corrected chi connectivity index (χ4v) is 4.51. The van der Waals surface area contributed by atoms with Crippen LogP contribution >= 0.6 is 23.4 Å². The number of hydrogen-bond acceptors (Lipinski definition) is 5. The van der Waals surface area contributed by atoms with Crippen LogP contribution in [0.2, 0.25) is 5.02 Å². The topological polar surface area (TPSA) is 75.7 Å². The Kier molecular flexibility index (Phi) is 7.58. The van der Waals surface area contributed by atoms with Crippen LogP contribution in [0.1, 0.15) is 30.9 Å². The Morgan fingerprint density at radius 3 is 2.40 bits per heavy atom. The Balaban J connectivity index is 1.37. The number of para-hydroxylation sites is 1. The molecule has 1 aliphatic heterocycles. The van der Waals surface area contributed by atoms with Crippen molar-refractivity contribution in [3.8, 4) is 5.75 Å². The van der Waals surface area contributed by atoms with Gasteiger partial charge in [-0.3, -0.25) is 14.4 Å². The van der Waals surface area contributed by atoms with Crippen molar-refractivity contribution in [1.82, 2.24) is 0 Å². The van der Waals surface area contributed by atoms with Gasteiger partial charge in [-0.05, 0) is 77.3 Å². The number of nitrogens with one attached hydrogen (secondary N) is 1. The highest BCUT2D eigenvalue weighted by molar-refractivity contribution is 8.19. The maximum atomic E-state index is 12.8. The molecule has 178 valence electrons. The number of carbonyl (C=O) groups excluding carboxylic acids is 3. The molecule has 0 unspecified atom stereocenters. The monoisotopic (exact) mass is 506 g/mol. The number of anilines is 2. The molecule has 8 heteroatoms. The molecule has 6 nitrogen and oxygen atoms in total. The number of halogens is 1. The molecule has 1 N–H and O–H groups in total. The lowest BCUT2D eigenvalue weighted by Gasteiger charge is -2.14. The zero-order chi connectivity index (χ0) is 24.9. The van der Waals surface area contributed by atoms with Crippen LogP contribution in [0.4, 0.5) is 16.2 Å². The van der Waals surface area contributed by atoms with Gasteiger partial charge in [-0.1, -0.05) is 55.8 Å². The van der Waals surface area contributed by atoms with E-state index in [0.717, 1.165) is 33.5 Å². The maximum absolute atomic E-state index is 12.8. The average Bonchev–Trinajstić information content (AvgIpc) is 3.12. The van der Waals surface area contributed by atoms with E-state index in [4.69, 9.17) is 16.3 Å². The number of thioether (sulfide) groups is 1. The van der Waals surface area contributed by atoms with Crippen molar-refractivity contribution < 1.29 is 19.1 Å². The normalized spacial score (nSPS) is 14.6. The molecule has 35 heavy (non-hydrogen) atoms. The Bertz CT molecular complexity index is 1290. The van der Waals surface area contributed by atoms with Gasteiger partial charge in [-0.15, -0.1) is 0 Å². The van der Waals surface area contributed by atoms with E-state index in [2.05, 4.69) is 19.2 Å². The Hall–Kier alpha value is -3.55. The van der Waals surface area contributed by atoms with Gasteiger partial charge in [-0.25, -0.2) is 4.90 Å². The smallest absolute Gasteiger partial charge is 0.298 e. The largest absolute Gasteiger partial charge is 0.484 e. The number of hydrogen-bond donors (Lipinski definition) is 1. The van der Waals surface area contributed by atoms with Crippen molar-refractivity contribution in [2.45, 2.75) is 19.8 Å². The molecule has 0 bridgehead atoms. The van der Waals surface area contributed by atoms with E-state index in [1.54, 1.807) is 54.6 Å². The predicted molar refractivity (Wildman–Crippen MR) is 141 cm³/mol. The van der Waals surface area contributed by atoms with Gasteiger partial charge in [-0.2, -0.15) is 0 Å². The van der Waals surface area contributed by atoms with Crippen LogP contribution < -0.4 is 15.0 Å². The Morgan fingerprint density at radius 1 is 1.03 bits per heavy atom. The van der Waals surface area contributed by atoms with Gasteiger partial charge < -0.3 is 10.1 Å². The number of rotatable bonds is 7. The average molecular weight is 507 g/mol. The fourth-order valence-electron chi connectivity index (χ4n) is 3.54. The Morgan fingerprint density at radius 2 is 1.71 bits per heavy atom. The second-order valence-corrected chi connectivity index (χ2v) is 9.57. The molecular formula is C27H23ClN2O4S. The summed E-state index contributed by atoms with van der Waals surface area (Å²) in [5.74, 6) is 0.162. The molecule has 4 rings (SSSR count). The summed E-state index contributed by atoms with van der Waals surface area (Å²) in [6, 6.07) is 21.2.